The fourth-order valence-electron chi connectivity index (χ4n) is 5.79. The van der Waals surface area contributed by atoms with Crippen LogP contribution in [0.3, 0.4) is 0 Å². The Morgan fingerprint density at radius 2 is 2.10 bits per heavy atom. The van der Waals surface area contributed by atoms with Crippen LogP contribution < -0.4 is 15.4 Å². The third-order valence-corrected chi connectivity index (χ3v) is 8.22. The van der Waals surface area contributed by atoms with E-state index in [1.54, 1.807) is 13.3 Å². The average molecular weight is 550 g/mol. The zero-order valence-corrected chi connectivity index (χ0v) is 23.5. The van der Waals surface area contributed by atoms with E-state index in [-0.39, 0.29) is 12.5 Å². The predicted octanol–water partition coefficient (Wildman–Crippen LogP) is 5.07. The van der Waals surface area contributed by atoms with Crippen LogP contribution in [-0.4, -0.2) is 59.2 Å². The molecular formula is C30H36ClN5O3. The number of ether oxygens (including phenoxy) is 1. The van der Waals surface area contributed by atoms with E-state index in [1.165, 1.54) is 5.56 Å². The fourth-order valence-corrected chi connectivity index (χ4v) is 5.98. The summed E-state index contributed by atoms with van der Waals surface area (Å²) in [6.07, 6.45) is 5.16. The molecular weight excluding hydrogens is 514 g/mol. The molecule has 0 bridgehead atoms. The molecule has 3 heterocycles. The Morgan fingerprint density at radius 3 is 2.90 bits per heavy atom. The number of likely N-dealkylation sites (tertiary alicyclic amines) is 1. The van der Waals surface area contributed by atoms with Crippen LogP contribution >= 0.6 is 11.6 Å². The summed E-state index contributed by atoms with van der Waals surface area (Å²) in [6, 6.07) is 12.2. The maximum absolute atomic E-state index is 12.5. The van der Waals surface area contributed by atoms with Gasteiger partial charge in [0.15, 0.2) is 0 Å². The van der Waals surface area contributed by atoms with Gasteiger partial charge in [0.2, 0.25) is 11.9 Å². The average Bonchev–Trinajstić information content (AvgIpc) is 3.17. The highest BCUT2D eigenvalue weighted by Gasteiger charge is 2.39. The minimum atomic E-state index is -0.578. The van der Waals surface area contributed by atoms with Crippen molar-refractivity contribution in [3.05, 3.63) is 70.0 Å². The van der Waals surface area contributed by atoms with Gasteiger partial charge in [-0.1, -0.05) is 29.8 Å². The molecule has 0 aliphatic carbocycles. The Bertz CT molecular complexity index is 1360. The fraction of sp³-hybridized carbons (Fsp3) is 0.433. The number of methoxy groups -OCH3 is 1. The van der Waals surface area contributed by atoms with E-state index in [9.17, 15) is 9.90 Å². The number of aryl methyl sites for hydroxylation is 2. The minimum absolute atomic E-state index is 0.0162. The SMILES string of the molecule is COc1cc(C2CCCN(CCO)C2)ccc1Nc1ncc(Cl)c(CCc2cccc3c2C(C)(C)C(=O)N3)n1. The maximum Gasteiger partial charge on any atom is 0.234 e. The smallest absolute Gasteiger partial charge is 0.234 e. The van der Waals surface area contributed by atoms with Crippen LogP contribution in [0.5, 0.6) is 5.75 Å². The van der Waals surface area contributed by atoms with Crippen molar-refractivity contribution in [1.82, 2.24) is 14.9 Å². The second-order valence-electron chi connectivity index (χ2n) is 10.9. The minimum Gasteiger partial charge on any atom is -0.495 e. The number of anilines is 3. The monoisotopic (exact) mass is 549 g/mol. The van der Waals surface area contributed by atoms with Gasteiger partial charge in [0.25, 0.3) is 0 Å². The molecule has 2 aliphatic rings. The second kappa shape index (κ2) is 11.5. The molecule has 206 valence electrons. The topological polar surface area (TPSA) is 99.6 Å². The van der Waals surface area contributed by atoms with E-state index >= 15 is 0 Å². The highest BCUT2D eigenvalue weighted by molar-refractivity contribution is 6.31. The van der Waals surface area contributed by atoms with Gasteiger partial charge in [-0.05, 0) is 86.9 Å². The highest BCUT2D eigenvalue weighted by Crippen LogP contribution is 2.40. The van der Waals surface area contributed by atoms with Gasteiger partial charge in [0, 0.05) is 18.8 Å². The Hall–Kier alpha value is -3.20. The molecule has 3 aromatic rings. The first-order chi connectivity index (χ1) is 18.8. The van der Waals surface area contributed by atoms with Gasteiger partial charge >= 0.3 is 0 Å². The first-order valence-electron chi connectivity index (χ1n) is 13.5. The summed E-state index contributed by atoms with van der Waals surface area (Å²) in [7, 11) is 1.66. The molecule has 1 atom stereocenters. The van der Waals surface area contributed by atoms with Crippen molar-refractivity contribution < 1.29 is 14.6 Å². The molecule has 0 spiro atoms. The first kappa shape index (κ1) is 27.4. The number of piperidine rings is 1. The third kappa shape index (κ3) is 5.73. The Balaban J connectivity index is 1.31. The van der Waals surface area contributed by atoms with Crippen molar-refractivity contribution in [2.24, 2.45) is 0 Å². The molecule has 5 rings (SSSR count). The number of carbonyl (C=O) groups is 1. The standard InChI is InChI=1S/C30H36ClN5O3/c1-30(2)27-19(6-4-8-25(27)33-28(30)38)9-11-23-22(31)17-32-29(34-23)35-24-12-10-20(16-26(24)39-3)21-7-5-13-36(18-21)14-15-37/h4,6,8,10,12,16-17,21,37H,5,7,9,11,13-15,18H2,1-3H3,(H,33,38)(H,32,34,35). The number of hydrogen-bond donors (Lipinski definition) is 3. The lowest BCUT2D eigenvalue weighted by Gasteiger charge is -2.32. The number of halogens is 1. The predicted molar refractivity (Wildman–Crippen MR) is 154 cm³/mol. The zero-order valence-electron chi connectivity index (χ0n) is 22.8. The number of hydrogen-bond acceptors (Lipinski definition) is 7. The van der Waals surface area contributed by atoms with Gasteiger partial charge < -0.3 is 25.4 Å². The van der Waals surface area contributed by atoms with Gasteiger partial charge in [0.1, 0.15) is 5.75 Å². The van der Waals surface area contributed by atoms with Crippen LogP contribution in [0.1, 0.15) is 55.0 Å². The van der Waals surface area contributed by atoms with Crippen LogP contribution in [0.25, 0.3) is 0 Å². The largest absolute Gasteiger partial charge is 0.495 e. The molecule has 0 saturated carbocycles. The summed E-state index contributed by atoms with van der Waals surface area (Å²) in [5.41, 5.74) is 5.20. The molecule has 1 amide bonds. The quantitative estimate of drug-likeness (QED) is 0.343. The van der Waals surface area contributed by atoms with Crippen LogP contribution in [0.15, 0.2) is 42.6 Å². The molecule has 1 fully saturated rings. The molecule has 39 heavy (non-hydrogen) atoms. The molecule has 8 nitrogen and oxygen atoms in total. The molecule has 9 heteroatoms. The number of rotatable bonds is 9. The van der Waals surface area contributed by atoms with Crippen LogP contribution in [0.2, 0.25) is 5.02 Å². The number of aliphatic hydroxyl groups excluding tert-OH is 1. The van der Waals surface area contributed by atoms with Crippen molar-refractivity contribution in [2.75, 3.05) is 44.0 Å². The number of aromatic nitrogens is 2. The van der Waals surface area contributed by atoms with Gasteiger partial charge in [0.05, 0.1) is 41.7 Å². The van der Waals surface area contributed by atoms with Gasteiger partial charge in [-0.15, -0.1) is 0 Å². The van der Waals surface area contributed by atoms with Crippen molar-refractivity contribution in [2.45, 2.75) is 50.9 Å². The van der Waals surface area contributed by atoms with E-state index < -0.39 is 5.41 Å². The number of aliphatic hydroxyl groups is 1. The molecule has 1 unspecified atom stereocenters. The molecule has 2 aliphatic heterocycles. The zero-order chi connectivity index (χ0) is 27.6. The molecule has 2 aromatic carbocycles. The molecule has 1 saturated heterocycles. The number of fused-ring (bicyclic) bond motifs is 1. The number of nitrogens with one attached hydrogen (secondary N) is 2. The number of amides is 1. The molecule has 1 aromatic heterocycles. The maximum atomic E-state index is 12.5. The van der Waals surface area contributed by atoms with Crippen molar-refractivity contribution in [3.8, 4) is 5.75 Å². The van der Waals surface area contributed by atoms with Crippen LogP contribution in [0.4, 0.5) is 17.3 Å². The van der Waals surface area contributed by atoms with Gasteiger partial charge in [-0.25, -0.2) is 9.97 Å². The third-order valence-electron chi connectivity index (χ3n) is 7.90. The highest BCUT2D eigenvalue weighted by atomic mass is 35.5. The summed E-state index contributed by atoms with van der Waals surface area (Å²) in [5, 5.41) is 16.1. The van der Waals surface area contributed by atoms with E-state index in [1.807, 2.05) is 32.0 Å². The first-order valence-corrected chi connectivity index (χ1v) is 13.9. The lowest BCUT2D eigenvalue weighted by atomic mass is 9.82. The Labute approximate surface area is 234 Å². The second-order valence-corrected chi connectivity index (χ2v) is 11.3. The van der Waals surface area contributed by atoms with Crippen LogP contribution in [-0.2, 0) is 23.1 Å². The van der Waals surface area contributed by atoms with Crippen molar-refractivity contribution >= 4 is 34.8 Å². The number of carbonyl (C=O) groups excluding carboxylic acids is 1. The van der Waals surface area contributed by atoms with E-state index in [0.29, 0.717) is 36.3 Å². The van der Waals surface area contributed by atoms with E-state index in [2.05, 4.69) is 38.7 Å². The van der Waals surface area contributed by atoms with Crippen molar-refractivity contribution in [3.63, 3.8) is 0 Å². The van der Waals surface area contributed by atoms with Gasteiger partial charge in [-0.3, -0.25) is 4.79 Å². The van der Waals surface area contributed by atoms with Crippen molar-refractivity contribution in [1.29, 1.82) is 0 Å². The number of benzene rings is 2. The molecule has 0 radical (unpaired) electrons. The summed E-state index contributed by atoms with van der Waals surface area (Å²) in [4.78, 5) is 23.9. The lowest BCUT2D eigenvalue weighted by Crippen LogP contribution is -2.36. The normalized spacial score (nSPS) is 18.5. The lowest BCUT2D eigenvalue weighted by molar-refractivity contribution is -0.119. The summed E-state index contributed by atoms with van der Waals surface area (Å²) < 4.78 is 5.72. The summed E-state index contributed by atoms with van der Waals surface area (Å²) in [5.74, 6) is 1.60. The summed E-state index contributed by atoms with van der Waals surface area (Å²) >= 11 is 6.50. The Morgan fingerprint density at radius 1 is 1.26 bits per heavy atom. The summed E-state index contributed by atoms with van der Waals surface area (Å²) in [6.45, 7) is 6.77. The number of β-amino-alcohol motifs (C(OH)–C–C–N with tert-alkyl or cyclic N) is 1. The number of nitrogens with zero attached hydrogens (tertiary/aromatic N) is 3. The van der Waals surface area contributed by atoms with E-state index in [4.69, 9.17) is 21.3 Å². The molecule has 3 N–H and O–H groups in total. The Kier molecular flexibility index (Phi) is 8.07. The van der Waals surface area contributed by atoms with Gasteiger partial charge in [-0.2, -0.15) is 0 Å². The van der Waals surface area contributed by atoms with Crippen LogP contribution in [0, 0.1) is 0 Å². The van der Waals surface area contributed by atoms with E-state index in [0.717, 1.165) is 59.9 Å².